The number of nitrogens with zero attached hydrogens (tertiary/aromatic N) is 1. The fourth-order valence-corrected chi connectivity index (χ4v) is 1.82. The van der Waals surface area contributed by atoms with Crippen molar-refractivity contribution in [2.75, 3.05) is 12.4 Å². The Morgan fingerprint density at radius 1 is 1.40 bits per heavy atom. The molecule has 0 aliphatic heterocycles. The van der Waals surface area contributed by atoms with Crippen LogP contribution in [0.3, 0.4) is 0 Å². The number of aromatic nitrogens is 1. The second-order valence-electron chi connectivity index (χ2n) is 4.32. The number of ether oxygens (including phenoxy) is 1. The lowest BCUT2D eigenvalue weighted by molar-refractivity contribution is 0.102. The van der Waals surface area contributed by atoms with Crippen molar-refractivity contribution in [3.05, 3.63) is 53.2 Å². The zero-order valence-corrected chi connectivity index (χ0v) is 11.4. The zero-order valence-electron chi connectivity index (χ0n) is 11.4. The van der Waals surface area contributed by atoms with Crippen LogP contribution in [-0.4, -0.2) is 23.1 Å². The number of methoxy groups -OCH3 is 1. The van der Waals surface area contributed by atoms with Gasteiger partial charge in [0.25, 0.3) is 5.91 Å². The summed E-state index contributed by atoms with van der Waals surface area (Å²) in [5.74, 6) is -0.0193. The molecule has 2 N–H and O–H groups in total. The predicted molar refractivity (Wildman–Crippen MR) is 75.8 cm³/mol. The van der Waals surface area contributed by atoms with Gasteiger partial charge in [0, 0.05) is 11.9 Å². The molecule has 0 radical (unpaired) electrons. The van der Waals surface area contributed by atoms with Crippen molar-refractivity contribution in [1.82, 2.24) is 4.98 Å². The Hall–Kier alpha value is -2.40. The average Bonchev–Trinajstić information content (AvgIpc) is 2.49. The topological polar surface area (TPSA) is 71.5 Å². The second kappa shape index (κ2) is 6.16. The average molecular weight is 272 g/mol. The number of anilines is 1. The molecule has 5 heteroatoms. The molecule has 0 spiro atoms. The minimum atomic E-state index is -0.298. The summed E-state index contributed by atoms with van der Waals surface area (Å²) in [4.78, 5) is 16.2. The van der Waals surface area contributed by atoms with Gasteiger partial charge in [-0.05, 0) is 36.2 Å². The minimum Gasteiger partial charge on any atom is -0.480 e. The number of aliphatic hydroxyl groups is 1. The molecule has 104 valence electrons. The van der Waals surface area contributed by atoms with E-state index >= 15 is 0 Å². The highest BCUT2D eigenvalue weighted by Gasteiger charge is 2.14. The first-order valence-corrected chi connectivity index (χ1v) is 6.16. The summed E-state index contributed by atoms with van der Waals surface area (Å²) in [7, 11) is 1.47. The van der Waals surface area contributed by atoms with Crippen LogP contribution in [0.25, 0.3) is 0 Å². The molecule has 1 heterocycles. The lowest BCUT2D eigenvalue weighted by Gasteiger charge is -2.11. The SMILES string of the molecule is COc1ncccc1C(=O)Nc1cc(CO)ccc1C. The number of hydrogen-bond acceptors (Lipinski definition) is 4. The quantitative estimate of drug-likeness (QED) is 0.894. The maximum absolute atomic E-state index is 12.3. The number of pyridine rings is 1. The lowest BCUT2D eigenvalue weighted by atomic mass is 10.1. The van der Waals surface area contributed by atoms with Gasteiger partial charge in [0.2, 0.25) is 5.88 Å². The zero-order chi connectivity index (χ0) is 14.5. The summed E-state index contributed by atoms with van der Waals surface area (Å²) >= 11 is 0. The molecule has 0 aliphatic rings. The van der Waals surface area contributed by atoms with Gasteiger partial charge >= 0.3 is 0 Å². The number of aryl methyl sites for hydroxylation is 1. The molecule has 1 aromatic carbocycles. The van der Waals surface area contributed by atoms with Crippen molar-refractivity contribution in [3.8, 4) is 5.88 Å². The second-order valence-corrected chi connectivity index (χ2v) is 4.32. The molecule has 5 nitrogen and oxygen atoms in total. The third-order valence-corrected chi connectivity index (χ3v) is 2.94. The van der Waals surface area contributed by atoms with E-state index in [1.165, 1.54) is 7.11 Å². The number of aliphatic hydroxyl groups excluding tert-OH is 1. The van der Waals surface area contributed by atoms with Crippen LogP contribution in [0.15, 0.2) is 36.5 Å². The van der Waals surface area contributed by atoms with Crippen LogP contribution in [0, 0.1) is 6.92 Å². The van der Waals surface area contributed by atoms with Gasteiger partial charge in [-0.25, -0.2) is 4.98 Å². The van der Waals surface area contributed by atoms with E-state index < -0.39 is 0 Å². The van der Waals surface area contributed by atoms with Gasteiger partial charge in [-0.3, -0.25) is 4.79 Å². The number of hydrogen-bond donors (Lipinski definition) is 2. The van der Waals surface area contributed by atoms with Crippen LogP contribution in [-0.2, 0) is 6.61 Å². The molecule has 0 aliphatic carbocycles. The largest absolute Gasteiger partial charge is 0.480 e. The van der Waals surface area contributed by atoms with Gasteiger partial charge in [-0.15, -0.1) is 0 Å². The van der Waals surface area contributed by atoms with Crippen LogP contribution in [0.1, 0.15) is 21.5 Å². The summed E-state index contributed by atoms with van der Waals surface area (Å²) < 4.78 is 5.07. The van der Waals surface area contributed by atoms with Gasteiger partial charge in [-0.1, -0.05) is 12.1 Å². The smallest absolute Gasteiger partial charge is 0.261 e. The Labute approximate surface area is 117 Å². The summed E-state index contributed by atoms with van der Waals surface area (Å²) in [5.41, 5.74) is 2.68. The van der Waals surface area contributed by atoms with E-state index in [1.54, 1.807) is 24.4 Å². The van der Waals surface area contributed by atoms with Crippen LogP contribution in [0.2, 0.25) is 0 Å². The van der Waals surface area contributed by atoms with Gasteiger partial charge in [0.15, 0.2) is 0 Å². The number of carbonyl (C=O) groups is 1. The van der Waals surface area contributed by atoms with Gasteiger partial charge < -0.3 is 15.2 Å². The minimum absolute atomic E-state index is 0.0701. The van der Waals surface area contributed by atoms with E-state index in [0.29, 0.717) is 11.3 Å². The molecule has 0 saturated carbocycles. The number of amides is 1. The highest BCUT2D eigenvalue weighted by molar-refractivity contribution is 6.06. The number of nitrogens with one attached hydrogen (secondary N) is 1. The Morgan fingerprint density at radius 3 is 2.90 bits per heavy atom. The summed E-state index contributed by atoms with van der Waals surface area (Å²) in [5, 5.41) is 11.9. The van der Waals surface area contributed by atoms with Crippen molar-refractivity contribution in [2.24, 2.45) is 0 Å². The first kappa shape index (κ1) is 14.0. The van der Waals surface area contributed by atoms with E-state index in [-0.39, 0.29) is 18.4 Å². The summed E-state index contributed by atoms with van der Waals surface area (Å²) in [6.07, 6.45) is 1.56. The van der Waals surface area contributed by atoms with Crippen molar-refractivity contribution in [2.45, 2.75) is 13.5 Å². The highest BCUT2D eigenvalue weighted by Crippen LogP contribution is 2.20. The molecule has 1 aromatic heterocycles. The Bertz CT molecular complexity index is 626. The number of carbonyl (C=O) groups excluding carboxylic acids is 1. The lowest BCUT2D eigenvalue weighted by Crippen LogP contribution is -2.14. The number of rotatable bonds is 4. The molecule has 2 aromatic rings. The first-order chi connectivity index (χ1) is 9.65. The number of benzene rings is 1. The molecule has 0 unspecified atom stereocenters. The third kappa shape index (κ3) is 2.95. The highest BCUT2D eigenvalue weighted by atomic mass is 16.5. The van der Waals surface area contributed by atoms with Crippen LogP contribution >= 0.6 is 0 Å². The summed E-state index contributed by atoms with van der Waals surface area (Å²) in [6.45, 7) is 1.82. The normalized spacial score (nSPS) is 10.2. The predicted octanol–water partition coefficient (Wildman–Crippen LogP) is 2.14. The maximum atomic E-state index is 12.3. The monoisotopic (exact) mass is 272 g/mol. The third-order valence-electron chi connectivity index (χ3n) is 2.94. The van der Waals surface area contributed by atoms with Gasteiger partial charge in [0.05, 0.1) is 13.7 Å². The van der Waals surface area contributed by atoms with Gasteiger partial charge in [-0.2, -0.15) is 0 Å². The van der Waals surface area contributed by atoms with Crippen LogP contribution in [0.4, 0.5) is 5.69 Å². The molecule has 0 bridgehead atoms. The summed E-state index contributed by atoms with van der Waals surface area (Å²) in [6, 6.07) is 8.73. The van der Waals surface area contributed by atoms with E-state index in [0.717, 1.165) is 11.1 Å². The Morgan fingerprint density at radius 2 is 2.20 bits per heavy atom. The van der Waals surface area contributed by atoms with Crippen molar-refractivity contribution >= 4 is 11.6 Å². The van der Waals surface area contributed by atoms with E-state index in [4.69, 9.17) is 9.84 Å². The van der Waals surface area contributed by atoms with Crippen molar-refractivity contribution in [3.63, 3.8) is 0 Å². The molecule has 1 amide bonds. The maximum Gasteiger partial charge on any atom is 0.261 e. The molecule has 20 heavy (non-hydrogen) atoms. The van der Waals surface area contributed by atoms with Crippen molar-refractivity contribution < 1.29 is 14.6 Å². The molecule has 0 atom stereocenters. The van der Waals surface area contributed by atoms with Crippen LogP contribution < -0.4 is 10.1 Å². The fourth-order valence-electron chi connectivity index (χ4n) is 1.82. The van der Waals surface area contributed by atoms with Gasteiger partial charge in [0.1, 0.15) is 5.56 Å². The molecule has 0 saturated heterocycles. The van der Waals surface area contributed by atoms with Crippen LogP contribution in [0.5, 0.6) is 5.88 Å². The Kier molecular flexibility index (Phi) is 4.32. The molecule has 2 rings (SSSR count). The van der Waals surface area contributed by atoms with E-state index in [2.05, 4.69) is 10.3 Å². The van der Waals surface area contributed by atoms with E-state index in [9.17, 15) is 4.79 Å². The fraction of sp³-hybridized carbons (Fsp3) is 0.200. The standard InChI is InChI=1S/C15H16N2O3/c1-10-5-6-11(9-18)8-13(10)17-14(19)12-4-3-7-16-15(12)20-2/h3-8,18H,9H2,1-2H3,(H,17,19). The Balaban J connectivity index is 2.27. The molecular weight excluding hydrogens is 256 g/mol. The van der Waals surface area contributed by atoms with E-state index in [1.807, 2.05) is 19.1 Å². The first-order valence-electron chi connectivity index (χ1n) is 6.16. The van der Waals surface area contributed by atoms with Crippen molar-refractivity contribution in [1.29, 1.82) is 0 Å². The molecule has 0 fully saturated rings. The molecular formula is C15H16N2O3.